The summed E-state index contributed by atoms with van der Waals surface area (Å²) < 4.78 is 38.4. The lowest BCUT2D eigenvalue weighted by Crippen LogP contribution is -2.23. The molecule has 1 aromatic carbocycles. The third-order valence-corrected chi connectivity index (χ3v) is 2.61. The van der Waals surface area contributed by atoms with Gasteiger partial charge >= 0.3 is 12.1 Å². The van der Waals surface area contributed by atoms with Crippen molar-refractivity contribution in [1.29, 1.82) is 0 Å². The van der Waals surface area contributed by atoms with Gasteiger partial charge in [-0.25, -0.2) is 0 Å². The van der Waals surface area contributed by atoms with Crippen LogP contribution in [0.1, 0.15) is 5.56 Å². The summed E-state index contributed by atoms with van der Waals surface area (Å²) in [6.45, 7) is -0.532. The summed E-state index contributed by atoms with van der Waals surface area (Å²) in [4.78, 5) is 22.4. The van der Waals surface area contributed by atoms with Crippen molar-refractivity contribution in [1.82, 2.24) is 4.57 Å². The highest BCUT2D eigenvalue weighted by Gasteiger charge is 2.30. The van der Waals surface area contributed by atoms with Gasteiger partial charge in [0.25, 0.3) is 5.56 Å². The fraction of sp³-hybridized carbons (Fsp3) is 0.167. The number of carboxylic acids is 1. The van der Waals surface area contributed by atoms with Crippen molar-refractivity contribution < 1.29 is 23.1 Å². The van der Waals surface area contributed by atoms with E-state index in [4.69, 9.17) is 5.11 Å². The molecular formula is C12H8F3NO3. The van der Waals surface area contributed by atoms with Crippen LogP contribution in [0.3, 0.4) is 0 Å². The lowest BCUT2D eigenvalue weighted by molar-refractivity contribution is -0.138. The molecule has 0 atom stereocenters. The number of carboxylic acid groups (broad SMARTS) is 1. The first-order valence-corrected chi connectivity index (χ1v) is 5.21. The molecule has 0 aliphatic rings. The Labute approximate surface area is 104 Å². The van der Waals surface area contributed by atoms with E-state index in [0.29, 0.717) is 0 Å². The summed E-state index contributed by atoms with van der Waals surface area (Å²) in [5, 5.41) is 8.78. The van der Waals surface area contributed by atoms with Gasteiger partial charge in [0.2, 0.25) is 0 Å². The first-order valence-electron chi connectivity index (χ1n) is 5.21. The molecule has 7 heteroatoms. The van der Waals surface area contributed by atoms with Crippen LogP contribution in [0.5, 0.6) is 0 Å². The van der Waals surface area contributed by atoms with E-state index in [1.807, 2.05) is 0 Å². The van der Waals surface area contributed by atoms with Crippen LogP contribution >= 0.6 is 0 Å². The zero-order valence-electron chi connectivity index (χ0n) is 9.44. The molecule has 4 nitrogen and oxygen atoms in total. The van der Waals surface area contributed by atoms with E-state index in [9.17, 15) is 22.8 Å². The summed E-state index contributed by atoms with van der Waals surface area (Å²) in [6.07, 6.45) is -3.32. The molecule has 0 aliphatic carbocycles. The highest BCUT2D eigenvalue weighted by atomic mass is 19.4. The average Bonchev–Trinajstić information content (AvgIpc) is 2.31. The number of alkyl halides is 3. The quantitative estimate of drug-likeness (QED) is 0.910. The van der Waals surface area contributed by atoms with Crippen LogP contribution in [0.25, 0.3) is 10.8 Å². The van der Waals surface area contributed by atoms with Gasteiger partial charge in [0.1, 0.15) is 6.54 Å². The predicted octanol–water partition coefficient (Wildman–Crippen LogP) is 2.10. The second-order valence-electron chi connectivity index (χ2n) is 3.94. The zero-order chi connectivity index (χ0) is 14.2. The van der Waals surface area contributed by atoms with Crippen LogP contribution in [0, 0.1) is 0 Å². The third kappa shape index (κ3) is 2.59. The molecule has 0 radical (unpaired) electrons. The number of hydrogen-bond acceptors (Lipinski definition) is 2. The molecule has 1 aromatic heterocycles. The van der Waals surface area contributed by atoms with Crippen molar-refractivity contribution in [2.75, 3.05) is 0 Å². The van der Waals surface area contributed by atoms with Crippen LogP contribution < -0.4 is 5.56 Å². The predicted molar refractivity (Wildman–Crippen MR) is 60.8 cm³/mol. The van der Waals surface area contributed by atoms with Gasteiger partial charge < -0.3 is 9.67 Å². The summed E-state index contributed by atoms with van der Waals surface area (Å²) in [7, 11) is 0. The smallest absolute Gasteiger partial charge is 0.416 e. The Bertz CT molecular complexity index is 703. The number of pyridine rings is 1. The van der Waals surface area contributed by atoms with Crippen LogP contribution in [-0.2, 0) is 17.5 Å². The van der Waals surface area contributed by atoms with E-state index in [0.717, 1.165) is 22.8 Å². The lowest BCUT2D eigenvalue weighted by Gasteiger charge is -2.08. The van der Waals surface area contributed by atoms with Gasteiger partial charge in [-0.3, -0.25) is 9.59 Å². The van der Waals surface area contributed by atoms with Gasteiger partial charge in [-0.2, -0.15) is 13.2 Å². The molecule has 2 aromatic rings. The highest BCUT2D eigenvalue weighted by Crippen LogP contribution is 2.30. The number of halogens is 3. The van der Waals surface area contributed by atoms with Crippen molar-refractivity contribution in [3.05, 3.63) is 46.4 Å². The van der Waals surface area contributed by atoms with Crippen molar-refractivity contribution >= 4 is 16.7 Å². The van der Waals surface area contributed by atoms with Gasteiger partial charge in [-0.15, -0.1) is 0 Å². The molecule has 0 fully saturated rings. The SMILES string of the molecule is O=C(O)Cn1ccc2cc(C(F)(F)F)ccc2c1=O. The Hall–Kier alpha value is -2.31. The van der Waals surface area contributed by atoms with Crippen molar-refractivity contribution in [3.63, 3.8) is 0 Å². The summed E-state index contributed by atoms with van der Waals surface area (Å²) >= 11 is 0. The van der Waals surface area contributed by atoms with Gasteiger partial charge in [-0.05, 0) is 29.7 Å². The molecule has 1 heterocycles. The molecule has 100 valence electrons. The van der Waals surface area contributed by atoms with Crippen molar-refractivity contribution in [2.45, 2.75) is 12.7 Å². The lowest BCUT2D eigenvalue weighted by atomic mass is 10.1. The maximum atomic E-state index is 12.5. The molecule has 0 bridgehead atoms. The number of nitrogens with zero attached hydrogens (tertiary/aromatic N) is 1. The maximum absolute atomic E-state index is 12.5. The van der Waals surface area contributed by atoms with Gasteiger partial charge in [0.15, 0.2) is 0 Å². The molecule has 2 rings (SSSR count). The van der Waals surface area contributed by atoms with E-state index in [1.165, 1.54) is 12.3 Å². The molecule has 0 saturated carbocycles. The molecule has 1 N–H and O–H groups in total. The van der Waals surface area contributed by atoms with Gasteiger partial charge in [0.05, 0.1) is 5.56 Å². The minimum atomic E-state index is -4.48. The number of aliphatic carboxylic acids is 1. The fourth-order valence-corrected chi connectivity index (χ4v) is 1.73. The summed E-state index contributed by atoms with van der Waals surface area (Å²) in [5.41, 5.74) is -1.48. The first-order chi connectivity index (χ1) is 8.79. The molecule has 0 spiro atoms. The van der Waals surface area contributed by atoms with Crippen LogP contribution in [0.2, 0.25) is 0 Å². The second kappa shape index (κ2) is 4.42. The van der Waals surface area contributed by atoms with E-state index >= 15 is 0 Å². The first kappa shape index (κ1) is 13.1. The number of rotatable bonds is 2. The Morgan fingerprint density at radius 3 is 2.53 bits per heavy atom. The van der Waals surface area contributed by atoms with Crippen LogP contribution in [0.15, 0.2) is 35.3 Å². The van der Waals surface area contributed by atoms with Crippen molar-refractivity contribution in [2.24, 2.45) is 0 Å². The Balaban J connectivity index is 2.60. The topological polar surface area (TPSA) is 59.3 Å². The van der Waals surface area contributed by atoms with Crippen LogP contribution in [-0.4, -0.2) is 15.6 Å². The fourth-order valence-electron chi connectivity index (χ4n) is 1.73. The minimum absolute atomic E-state index is 0.0525. The third-order valence-electron chi connectivity index (χ3n) is 2.61. The van der Waals surface area contributed by atoms with Gasteiger partial charge in [0, 0.05) is 11.6 Å². The van der Waals surface area contributed by atoms with E-state index in [1.54, 1.807) is 0 Å². The van der Waals surface area contributed by atoms with Gasteiger partial charge in [-0.1, -0.05) is 0 Å². The second-order valence-corrected chi connectivity index (χ2v) is 3.94. The molecule has 0 amide bonds. The molecule has 0 saturated heterocycles. The van der Waals surface area contributed by atoms with Crippen LogP contribution in [0.4, 0.5) is 13.2 Å². The van der Waals surface area contributed by atoms with E-state index < -0.39 is 29.8 Å². The maximum Gasteiger partial charge on any atom is 0.416 e. The zero-order valence-corrected chi connectivity index (χ0v) is 9.44. The highest BCUT2D eigenvalue weighted by molar-refractivity contribution is 5.82. The Kier molecular flexibility index (Phi) is 3.05. The number of aromatic nitrogens is 1. The Morgan fingerprint density at radius 2 is 1.95 bits per heavy atom. The normalized spacial score (nSPS) is 11.7. The van der Waals surface area contributed by atoms with E-state index in [2.05, 4.69) is 0 Å². The summed E-state index contributed by atoms with van der Waals surface area (Å²) in [5.74, 6) is -1.20. The molecule has 19 heavy (non-hydrogen) atoms. The number of hydrogen-bond donors (Lipinski definition) is 1. The Morgan fingerprint density at radius 1 is 1.26 bits per heavy atom. The molecular weight excluding hydrogens is 263 g/mol. The standard InChI is InChI=1S/C12H8F3NO3/c13-12(14,15)8-1-2-9-7(5-8)3-4-16(11(9)19)6-10(17)18/h1-5H,6H2,(H,17,18). The summed E-state index contributed by atoms with van der Waals surface area (Å²) in [6, 6.07) is 4.00. The largest absolute Gasteiger partial charge is 0.480 e. The minimum Gasteiger partial charge on any atom is -0.480 e. The number of carbonyl (C=O) groups is 1. The van der Waals surface area contributed by atoms with E-state index in [-0.39, 0.29) is 10.8 Å². The van der Waals surface area contributed by atoms with Crippen molar-refractivity contribution in [3.8, 4) is 0 Å². The number of benzene rings is 1. The average molecular weight is 271 g/mol. The monoisotopic (exact) mass is 271 g/mol. The molecule has 0 unspecified atom stereocenters. The molecule has 0 aliphatic heterocycles. The number of fused-ring (bicyclic) bond motifs is 1.